The van der Waals surface area contributed by atoms with Gasteiger partial charge in [-0.25, -0.2) is 4.79 Å². The first-order valence-electron chi connectivity index (χ1n) is 12.6. The molecule has 7 nitrogen and oxygen atoms in total. The topological polar surface area (TPSA) is 65.1 Å². The Balaban J connectivity index is 1.57. The molecule has 0 aliphatic carbocycles. The van der Waals surface area contributed by atoms with Crippen LogP contribution in [0.4, 0.5) is 10.5 Å². The van der Waals surface area contributed by atoms with Crippen LogP contribution in [0.5, 0.6) is 0 Å². The second-order valence-corrected chi connectivity index (χ2v) is 10.2. The summed E-state index contributed by atoms with van der Waals surface area (Å²) < 4.78 is 5.34. The Hall–Kier alpha value is -2.90. The van der Waals surface area contributed by atoms with Gasteiger partial charge in [0, 0.05) is 51.4 Å². The highest BCUT2D eigenvalue weighted by atomic mass is 16.6. The van der Waals surface area contributed by atoms with Gasteiger partial charge in [0.15, 0.2) is 0 Å². The molecule has 188 valence electrons. The van der Waals surface area contributed by atoms with Gasteiger partial charge in [0.05, 0.1) is 12.1 Å². The number of anilines is 1. The average Bonchev–Trinajstić information content (AvgIpc) is 2.80. The largest absolute Gasteiger partial charge is 0.447 e. The quantitative estimate of drug-likeness (QED) is 0.689. The van der Waals surface area contributed by atoms with E-state index in [0.29, 0.717) is 6.42 Å². The highest BCUT2D eigenvalue weighted by Crippen LogP contribution is 2.39. The summed E-state index contributed by atoms with van der Waals surface area (Å²) in [6.07, 6.45) is 0.00527. The van der Waals surface area contributed by atoms with Crippen molar-refractivity contribution in [1.29, 1.82) is 0 Å². The van der Waals surface area contributed by atoms with Crippen molar-refractivity contribution in [3.05, 3.63) is 53.6 Å². The summed E-state index contributed by atoms with van der Waals surface area (Å²) in [5.74, 6) is 0.00275. The van der Waals surface area contributed by atoms with Crippen LogP contribution in [-0.2, 0) is 16.1 Å². The van der Waals surface area contributed by atoms with E-state index < -0.39 is 6.09 Å². The smallest absolute Gasteiger partial charge is 0.407 e. The van der Waals surface area contributed by atoms with Gasteiger partial charge in [-0.15, -0.1) is 0 Å². The molecule has 2 aromatic carbocycles. The summed E-state index contributed by atoms with van der Waals surface area (Å²) in [5, 5.41) is 3.02. The van der Waals surface area contributed by atoms with E-state index in [2.05, 4.69) is 58.6 Å². The third-order valence-electron chi connectivity index (χ3n) is 6.94. The molecule has 0 spiro atoms. The Morgan fingerprint density at radius 1 is 1.03 bits per heavy atom. The van der Waals surface area contributed by atoms with E-state index in [9.17, 15) is 9.59 Å². The number of hydrogen-bond donors (Lipinski definition) is 1. The lowest BCUT2D eigenvalue weighted by Gasteiger charge is -2.39. The van der Waals surface area contributed by atoms with Gasteiger partial charge in [-0.3, -0.25) is 9.69 Å². The minimum atomic E-state index is -0.432. The standard InChI is InChI=1S/C28H38N4O3/c1-19(2)35-28(34)29-26-16-20(3)32(21(4)33)27-11-10-24(17-25(26)27)23-8-6-22(7-9-23)18-31-14-12-30(5)13-15-31/h6-11,17,19-20,26H,12-16,18H2,1-5H3,(H,29,34)/t20-,26+/m0/s1. The molecule has 0 saturated carbocycles. The van der Waals surface area contributed by atoms with E-state index in [-0.39, 0.29) is 24.1 Å². The van der Waals surface area contributed by atoms with Crippen LogP contribution < -0.4 is 10.2 Å². The van der Waals surface area contributed by atoms with Crippen molar-refractivity contribution < 1.29 is 14.3 Å². The van der Waals surface area contributed by atoms with E-state index in [4.69, 9.17) is 4.74 Å². The van der Waals surface area contributed by atoms with E-state index in [0.717, 1.165) is 55.1 Å². The molecule has 2 heterocycles. The Bertz CT molecular complexity index is 1040. The molecule has 2 aliphatic heterocycles. The van der Waals surface area contributed by atoms with E-state index in [1.165, 1.54) is 5.56 Å². The molecule has 0 unspecified atom stereocenters. The minimum absolute atomic E-state index is 0.00275. The van der Waals surface area contributed by atoms with Crippen LogP contribution in [0.2, 0.25) is 0 Å². The summed E-state index contributed by atoms with van der Waals surface area (Å²) >= 11 is 0. The van der Waals surface area contributed by atoms with Crippen molar-refractivity contribution in [2.45, 2.75) is 58.8 Å². The number of amides is 2. The van der Waals surface area contributed by atoms with Gasteiger partial charge in [0.1, 0.15) is 0 Å². The molecule has 1 saturated heterocycles. The van der Waals surface area contributed by atoms with E-state index in [1.807, 2.05) is 31.7 Å². The van der Waals surface area contributed by atoms with Crippen molar-refractivity contribution >= 4 is 17.7 Å². The average molecular weight is 479 g/mol. The maximum Gasteiger partial charge on any atom is 0.407 e. The number of nitrogens with zero attached hydrogens (tertiary/aromatic N) is 3. The predicted octanol–water partition coefficient (Wildman–Crippen LogP) is 4.42. The highest BCUT2D eigenvalue weighted by Gasteiger charge is 2.33. The predicted molar refractivity (Wildman–Crippen MR) is 139 cm³/mol. The molecule has 1 fully saturated rings. The molecule has 2 atom stereocenters. The molecular formula is C28H38N4O3. The van der Waals surface area contributed by atoms with Gasteiger partial charge >= 0.3 is 6.09 Å². The monoisotopic (exact) mass is 478 g/mol. The molecule has 35 heavy (non-hydrogen) atoms. The normalized spacial score (nSPS) is 21.0. The third-order valence-corrected chi connectivity index (χ3v) is 6.94. The maximum atomic E-state index is 12.4. The number of nitrogens with one attached hydrogen (secondary N) is 1. The number of ether oxygens (including phenoxy) is 1. The number of benzene rings is 2. The molecule has 2 amide bonds. The zero-order valence-corrected chi connectivity index (χ0v) is 21.6. The second-order valence-electron chi connectivity index (χ2n) is 10.2. The fraction of sp³-hybridized carbons (Fsp3) is 0.500. The Morgan fingerprint density at radius 2 is 1.69 bits per heavy atom. The number of alkyl carbamates (subject to hydrolysis) is 1. The maximum absolute atomic E-state index is 12.4. The number of hydrogen-bond acceptors (Lipinski definition) is 5. The molecule has 4 rings (SSSR count). The number of carbonyl (C=O) groups excluding carboxylic acids is 2. The zero-order chi connectivity index (χ0) is 25.1. The molecule has 0 bridgehead atoms. The molecule has 1 N–H and O–H groups in total. The lowest BCUT2D eigenvalue weighted by molar-refractivity contribution is -0.117. The number of rotatable bonds is 5. The first-order chi connectivity index (χ1) is 16.7. The van der Waals surface area contributed by atoms with Gasteiger partial charge < -0.3 is 19.9 Å². The highest BCUT2D eigenvalue weighted by molar-refractivity contribution is 5.94. The molecular weight excluding hydrogens is 440 g/mol. The fourth-order valence-electron chi connectivity index (χ4n) is 5.12. The van der Waals surface area contributed by atoms with Crippen LogP contribution in [0.3, 0.4) is 0 Å². The van der Waals surface area contributed by atoms with Crippen LogP contribution in [0.25, 0.3) is 11.1 Å². The van der Waals surface area contributed by atoms with Crippen LogP contribution in [-0.4, -0.2) is 67.2 Å². The minimum Gasteiger partial charge on any atom is -0.447 e. The number of carbonyl (C=O) groups is 2. The molecule has 7 heteroatoms. The van der Waals surface area contributed by atoms with Crippen molar-refractivity contribution in [3.8, 4) is 11.1 Å². The second kappa shape index (κ2) is 10.8. The molecule has 2 aliphatic rings. The van der Waals surface area contributed by atoms with Crippen LogP contribution in [0, 0.1) is 0 Å². The summed E-state index contributed by atoms with van der Waals surface area (Å²) in [6.45, 7) is 12.7. The van der Waals surface area contributed by atoms with Gasteiger partial charge in [0.2, 0.25) is 5.91 Å². The Kier molecular flexibility index (Phi) is 7.77. The number of fused-ring (bicyclic) bond motifs is 1. The van der Waals surface area contributed by atoms with Crippen LogP contribution in [0.15, 0.2) is 42.5 Å². The van der Waals surface area contributed by atoms with Crippen molar-refractivity contribution in [1.82, 2.24) is 15.1 Å². The van der Waals surface area contributed by atoms with Gasteiger partial charge in [-0.2, -0.15) is 0 Å². The molecule has 2 aromatic rings. The van der Waals surface area contributed by atoms with Crippen molar-refractivity contribution in [3.63, 3.8) is 0 Å². The van der Waals surface area contributed by atoms with Gasteiger partial charge in [0.25, 0.3) is 0 Å². The van der Waals surface area contributed by atoms with E-state index >= 15 is 0 Å². The number of likely N-dealkylation sites (N-methyl/N-ethyl adjacent to an activating group) is 1. The molecule has 0 radical (unpaired) electrons. The zero-order valence-electron chi connectivity index (χ0n) is 21.6. The first kappa shape index (κ1) is 25.2. The van der Waals surface area contributed by atoms with E-state index in [1.54, 1.807) is 6.92 Å². The first-order valence-corrected chi connectivity index (χ1v) is 12.6. The Labute approximate surface area is 209 Å². The van der Waals surface area contributed by atoms with Crippen LogP contribution in [0.1, 0.15) is 51.3 Å². The lowest BCUT2D eigenvalue weighted by atomic mass is 9.89. The summed E-state index contributed by atoms with van der Waals surface area (Å²) in [7, 11) is 2.17. The lowest BCUT2D eigenvalue weighted by Crippen LogP contribution is -2.45. The summed E-state index contributed by atoms with van der Waals surface area (Å²) in [5.41, 5.74) is 5.28. The third kappa shape index (κ3) is 6.03. The number of piperazine rings is 1. The Morgan fingerprint density at radius 3 is 2.31 bits per heavy atom. The van der Waals surface area contributed by atoms with Crippen LogP contribution >= 0.6 is 0 Å². The van der Waals surface area contributed by atoms with Crippen molar-refractivity contribution in [2.75, 3.05) is 38.1 Å². The SMILES string of the molecule is CC(=O)N1c2ccc(-c3ccc(CN4CCN(C)CC4)cc3)cc2[C@H](NC(=O)OC(C)C)C[C@@H]1C. The summed E-state index contributed by atoms with van der Waals surface area (Å²) in [4.78, 5) is 31.5. The summed E-state index contributed by atoms with van der Waals surface area (Å²) in [6, 6.07) is 14.6. The van der Waals surface area contributed by atoms with Gasteiger partial charge in [-0.1, -0.05) is 30.3 Å². The van der Waals surface area contributed by atoms with Crippen molar-refractivity contribution in [2.24, 2.45) is 0 Å². The fourth-order valence-corrected chi connectivity index (χ4v) is 5.12. The van der Waals surface area contributed by atoms with Gasteiger partial charge in [-0.05, 0) is 68.6 Å². The molecule has 0 aromatic heterocycles.